The topological polar surface area (TPSA) is 51.7 Å². The van der Waals surface area contributed by atoms with E-state index in [1.165, 1.54) is 29.2 Å². The molecule has 0 atom stereocenters. The van der Waals surface area contributed by atoms with Crippen LogP contribution in [-0.4, -0.2) is 18.1 Å². The van der Waals surface area contributed by atoms with E-state index < -0.39 is 17.8 Å². The van der Waals surface area contributed by atoms with Crippen LogP contribution in [0.25, 0.3) is 0 Å². The number of pyridine rings is 1. The fourth-order valence-corrected chi connectivity index (χ4v) is 2.35. The van der Waals surface area contributed by atoms with Crippen molar-refractivity contribution in [2.75, 3.05) is 11.9 Å². The Morgan fingerprint density at radius 3 is 2.10 bits per heavy atom. The SMILES string of the molecule is Cc1ccc(N(C)C(=O)Oc2ccc(Oc3ccc(C(F)(F)F)cn3)cc2)cc1. The van der Waals surface area contributed by atoms with Crippen LogP contribution in [0.15, 0.2) is 66.9 Å². The minimum absolute atomic E-state index is 0.0156. The van der Waals surface area contributed by atoms with Crippen LogP contribution in [-0.2, 0) is 6.18 Å². The second-order valence-corrected chi connectivity index (χ2v) is 6.22. The van der Waals surface area contributed by atoms with Gasteiger partial charge in [-0.15, -0.1) is 0 Å². The van der Waals surface area contributed by atoms with Gasteiger partial charge < -0.3 is 9.47 Å². The highest BCUT2D eigenvalue weighted by Crippen LogP contribution is 2.30. The van der Waals surface area contributed by atoms with Crippen molar-refractivity contribution in [1.82, 2.24) is 4.98 Å². The zero-order valence-corrected chi connectivity index (χ0v) is 15.6. The lowest BCUT2D eigenvalue weighted by atomic mass is 10.2. The third-order valence-electron chi connectivity index (χ3n) is 4.01. The van der Waals surface area contributed by atoms with Gasteiger partial charge in [0.25, 0.3) is 0 Å². The van der Waals surface area contributed by atoms with Gasteiger partial charge in [0.05, 0.1) is 5.56 Å². The highest BCUT2D eigenvalue weighted by Gasteiger charge is 2.30. The van der Waals surface area contributed by atoms with E-state index in [4.69, 9.17) is 9.47 Å². The summed E-state index contributed by atoms with van der Waals surface area (Å²) in [6.07, 6.45) is -4.32. The Morgan fingerprint density at radius 1 is 0.931 bits per heavy atom. The molecule has 8 heteroatoms. The second-order valence-electron chi connectivity index (χ2n) is 6.22. The summed E-state index contributed by atoms with van der Waals surface area (Å²) in [7, 11) is 1.60. The van der Waals surface area contributed by atoms with Crippen molar-refractivity contribution in [3.8, 4) is 17.4 Å². The molecule has 0 aliphatic heterocycles. The number of ether oxygens (including phenoxy) is 2. The van der Waals surface area contributed by atoms with Crippen LogP contribution in [0, 0.1) is 6.92 Å². The standard InChI is InChI=1S/C21H17F3N2O3/c1-14-3-6-16(7-4-14)26(2)20(27)29-18-10-8-17(9-11-18)28-19-12-5-15(13-25-19)21(22,23)24/h3-13H,1-2H3. The van der Waals surface area contributed by atoms with Crippen molar-refractivity contribution in [3.05, 3.63) is 78.0 Å². The van der Waals surface area contributed by atoms with E-state index in [0.717, 1.165) is 17.7 Å². The van der Waals surface area contributed by atoms with Crippen molar-refractivity contribution in [1.29, 1.82) is 0 Å². The van der Waals surface area contributed by atoms with Gasteiger partial charge in [-0.3, -0.25) is 4.90 Å². The Kier molecular flexibility index (Phi) is 5.72. The summed E-state index contributed by atoms with van der Waals surface area (Å²) in [6.45, 7) is 1.95. The summed E-state index contributed by atoms with van der Waals surface area (Å²) in [6, 6.07) is 15.5. The van der Waals surface area contributed by atoms with E-state index in [1.807, 2.05) is 31.2 Å². The van der Waals surface area contributed by atoms with Crippen molar-refractivity contribution in [3.63, 3.8) is 0 Å². The number of amides is 1. The third kappa shape index (κ3) is 5.25. The van der Waals surface area contributed by atoms with Crippen molar-refractivity contribution in [2.24, 2.45) is 0 Å². The number of carbonyl (C=O) groups excluding carboxylic acids is 1. The molecule has 150 valence electrons. The van der Waals surface area contributed by atoms with E-state index >= 15 is 0 Å². The molecule has 1 amide bonds. The number of anilines is 1. The van der Waals surface area contributed by atoms with E-state index in [9.17, 15) is 18.0 Å². The third-order valence-corrected chi connectivity index (χ3v) is 4.01. The van der Waals surface area contributed by atoms with Crippen LogP contribution < -0.4 is 14.4 Å². The zero-order valence-electron chi connectivity index (χ0n) is 15.6. The molecule has 1 heterocycles. The van der Waals surface area contributed by atoms with Crippen LogP contribution >= 0.6 is 0 Å². The first-order valence-corrected chi connectivity index (χ1v) is 8.56. The van der Waals surface area contributed by atoms with Gasteiger partial charge >= 0.3 is 12.3 Å². The fraction of sp³-hybridized carbons (Fsp3) is 0.143. The molecule has 5 nitrogen and oxygen atoms in total. The summed E-state index contributed by atoms with van der Waals surface area (Å²) >= 11 is 0. The molecule has 0 spiro atoms. The van der Waals surface area contributed by atoms with Crippen molar-refractivity contribution < 1.29 is 27.4 Å². The molecular weight excluding hydrogens is 385 g/mol. The van der Waals surface area contributed by atoms with Gasteiger partial charge in [0.15, 0.2) is 0 Å². The van der Waals surface area contributed by atoms with E-state index in [0.29, 0.717) is 23.4 Å². The number of benzene rings is 2. The van der Waals surface area contributed by atoms with Crippen LogP contribution in [0.2, 0.25) is 0 Å². The number of nitrogens with zero attached hydrogens (tertiary/aromatic N) is 2. The second kappa shape index (κ2) is 8.22. The minimum atomic E-state index is -4.46. The lowest BCUT2D eigenvalue weighted by Crippen LogP contribution is -2.29. The van der Waals surface area contributed by atoms with E-state index in [-0.39, 0.29) is 5.88 Å². The van der Waals surface area contributed by atoms with Gasteiger partial charge in [0, 0.05) is 25.0 Å². The Balaban J connectivity index is 1.61. The minimum Gasteiger partial charge on any atom is -0.439 e. The van der Waals surface area contributed by atoms with Crippen LogP contribution in [0.4, 0.5) is 23.7 Å². The van der Waals surface area contributed by atoms with Gasteiger partial charge in [-0.1, -0.05) is 17.7 Å². The van der Waals surface area contributed by atoms with Crippen molar-refractivity contribution >= 4 is 11.8 Å². The molecule has 0 saturated carbocycles. The zero-order chi connectivity index (χ0) is 21.0. The first kappa shape index (κ1) is 20.2. The number of carbonyl (C=O) groups is 1. The summed E-state index contributed by atoms with van der Waals surface area (Å²) in [5, 5.41) is 0. The first-order chi connectivity index (χ1) is 13.7. The van der Waals surface area contributed by atoms with Crippen LogP contribution in [0.3, 0.4) is 0 Å². The molecule has 29 heavy (non-hydrogen) atoms. The number of hydrogen-bond acceptors (Lipinski definition) is 4. The average molecular weight is 402 g/mol. The number of halogens is 3. The molecule has 2 aromatic carbocycles. The Labute approximate surface area is 165 Å². The van der Waals surface area contributed by atoms with Crippen LogP contribution in [0.1, 0.15) is 11.1 Å². The molecule has 0 aliphatic rings. The van der Waals surface area contributed by atoms with Gasteiger partial charge in [-0.25, -0.2) is 9.78 Å². The summed E-state index contributed by atoms with van der Waals surface area (Å²) in [4.78, 5) is 17.3. The molecule has 0 aliphatic carbocycles. The maximum Gasteiger partial charge on any atom is 0.419 e. The van der Waals surface area contributed by atoms with E-state index in [1.54, 1.807) is 7.05 Å². The van der Waals surface area contributed by atoms with Gasteiger partial charge in [0.2, 0.25) is 5.88 Å². The fourth-order valence-electron chi connectivity index (χ4n) is 2.35. The number of hydrogen-bond donors (Lipinski definition) is 0. The predicted molar refractivity (Wildman–Crippen MR) is 101 cm³/mol. The van der Waals surface area contributed by atoms with Gasteiger partial charge in [-0.05, 0) is 49.4 Å². The molecule has 0 N–H and O–H groups in total. The largest absolute Gasteiger partial charge is 0.439 e. The number of aromatic nitrogens is 1. The predicted octanol–water partition coefficient (Wildman–Crippen LogP) is 5.84. The number of alkyl halides is 3. The molecule has 0 radical (unpaired) electrons. The summed E-state index contributed by atoms with van der Waals surface area (Å²) in [5.74, 6) is 0.646. The molecule has 0 unspecified atom stereocenters. The normalized spacial score (nSPS) is 11.1. The van der Waals surface area contributed by atoms with E-state index in [2.05, 4.69) is 4.98 Å². The van der Waals surface area contributed by atoms with Gasteiger partial charge in [-0.2, -0.15) is 13.2 Å². The molecule has 0 saturated heterocycles. The Morgan fingerprint density at radius 2 is 1.55 bits per heavy atom. The molecule has 3 aromatic rings. The molecular formula is C21H17F3N2O3. The maximum atomic E-state index is 12.6. The molecule has 0 fully saturated rings. The molecule has 1 aromatic heterocycles. The molecule has 0 bridgehead atoms. The quantitative estimate of drug-likeness (QED) is 0.550. The number of aryl methyl sites for hydroxylation is 1. The lowest BCUT2D eigenvalue weighted by molar-refractivity contribution is -0.137. The molecule has 3 rings (SSSR count). The van der Waals surface area contributed by atoms with Gasteiger partial charge in [0.1, 0.15) is 11.5 Å². The Hall–Kier alpha value is -3.55. The lowest BCUT2D eigenvalue weighted by Gasteiger charge is -2.17. The smallest absolute Gasteiger partial charge is 0.419 e. The summed E-state index contributed by atoms with van der Waals surface area (Å²) in [5.41, 5.74) is 0.910. The highest BCUT2D eigenvalue weighted by molar-refractivity contribution is 5.88. The monoisotopic (exact) mass is 402 g/mol. The van der Waals surface area contributed by atoms with Crippen molar-refractivity contribution in [2.45, 2.75) is 13.1 Å². The average Bonchev–Trinajstić information content (AvgIpc) is 2.69. The highest BCUT2D eigenvalue weighted by atomic mass is 19.4. The Bertz CT molecular complexity index is 970. The number of rotatable bonds is 4. The summed E-state index contributed by atoms with van der Waals surface area (Å²) < 4.78 is 48.4. The first-order valence-electron chi connectivity index (χ1n) is 8.56. The van der Waals surface area contributed by atoms with Crippen LogP contribution in [0.5, 0.6) is 17.4 Å². The maximum absolute atomic E-state index is 12.6.